The molecule has 1 atom stereocenters. The normalized spacial score (nSPS) is 14.0. The maximum Gasteiger partial charge on any atom is 0.0668 e. The molecule has 0 fully saturated rings. The third-order valence-electron chi connectivity index (χ3n) is 1.13. The van der Waals surface area contributed by atoms with Gasteiger partial charge in [-0.25, -0.2) is 4.99 Å². The van der Waals surface area contributed by atoms with Gasteiger partial charge in [-0.2, -0.15) is 0 Å². The highest BCUT2D eigenvalue weighted by Gasteiger charge is 2.17. The predicted molar refractivity (Wildman–Crippen MR) is 49.0 cm³/mol. The Hall–Kier alpha value is 0.0900. The number of aliphatic imine (C=N–C) groups is 1. The van der Waals surface area contributed by atoms with Gasteiger partial charge < -0.3 is 0 Å². The number of alkyl halides is 1. The SMILES string of the molecule is CC(Cl)CC(C)(C)N=C=S. The number of rotatable bonds is 3. The van der Waals surface area contributed by atoms with Crippen molar-refractivity contribution in [3.05, 3.63) is 0 Å². The van der Waals surface area contributed by atoms with Crippen LogP contribution in [0.2, 0.25) is 0 Å². The standard InChI is InChI=1S/C7H12ClNS/c1-6(8)4-7(2,3)9-5-10/h6H,4H2,1-3H3. The summed E-state index contributed by atoms with van der Waals surface area (Å²) in [5.41, 5.74) is -0.150. The minimum atomic E-state index is -0.150. The molecule has 1 nitrogen and oxygen atoms in total. The third kappa shape index (κ3) is 4.92. The number of hydrogen-bond donors (Lipinski definition) is 0. The highest BCUT2D eigenvalue weighted by atomic mass is 35.5. The molecule has 0 radical (unpaired) electrons. The lowest BCUT2D eigenvalue weighted by Gasteiger charge is -2.18. The van der Waals surface area contributed by atoms with Gasteiger partial charge in [0.25, 0.3) is 0 Å². The van der Waals surface area contributed by atoms with E-state index in [-0.39, 0.29) is 10.9 Å². The van der Waals surface area contributed by atoms with Gasteiger partial charge in [0.05, 0.1) is 10.7 Å². The number of thiocarbonyl (C=S) groups is 1. The molecule has 58 valence electrons. The molecule has 3 heteroatoms. The van der Waals surface area contributed by atoms with E-state index in [1.54, 1.807) is 0 Å². The van der Waals surface area contributed by atoms with Crippen LogP contribution in [0, 0.1) is 0 Å². The summed E-state index contributed by atoms with van der Waals surface area (Å²) in [5.74, 6) is 0. The van der Waals surface area contributed by atoms with Crippen LogP contribution in [0.15, 0.2) is 4.99 Å². The van der Waals surface area contributed by atoms with E-state index in [1.165, 1.54) is 0 Å². The Kier molecular flexibility index (Phi) is 4.11. The molecule has 0 saturated heterocycles. The second-order valence-electron chi connectivity index (χ2n) is 3.00. The van der Waals surface area contributed by atoms with Crippen LogP contribution in [-0.2, 0) is 0 Å². The van der Waals surface area contributed by atoms with Gasteiger partial charge in [-0.1, -0.05) is 0 Å². The average molecular weight is 178 g/mol. The summed E-state index contributed by atoms with van der Waals surface area (Å²) in [5, 5.41) is 2.50. The molecule has 1 unspecified atom stereocenters. The van der Waals surface area contributed by atoms with E-state index in [9.17, 15) is 0 Å². The van der Waals surface area contributed by atoms with Crippen LogP contribution in [0.3, 0.4) is 0 Å². The number of isothiocyanates is 1. The number of hydrogen-bond acceptors (Lipinski definition) is 2. The molecule has 0 N–H and O–H groups in total. The Morgan fingerprint density at radius 1 is 1.70 bits per heavy atom. The van der Waals surface area contributed by atoms with Crippen molar-refractivity contribution >= 4 is 29.0 Å². The van der Waals surface area contributed by atoms with Crippen molar-refractivity contribution in [1.82, 2.24) is 0 Å². The maximum atomic E-state index is 5.78. The highest BCUT2D eigenvalue weighted by molar-refractivity contribution is 7.78. The Morgan fingerprint density at radius 2 is 2.20 bits per heavy atom. The lowest BCUT2D eigenvalue weighted by Crippen LogP contribution is -2.19. The molecule has 0 saturated carbocycles. The summed E-state index contributed by atoms with van der Waals surface area (Å²) in [6.07, 6.45) is 0.832. The zero-order valence-electron chi connectivity index (χ0n) is 6.52. The van der Waals surface area contributed by atoms with E-state index in [4.69, 9.17) is 11.6 Å². The van der Waals surface area contributed by atoms with Crippen molar-refractivity contribution in [2.75, 3.05) is 0 Å². The quantitative estimate of drug-likeness (QED) is 0.367. The van der Waals surface area contributed by atoms with Crippen molar-refractivity contribution in [3.63, 3.8) is 0 Å². The number of halogens is 1. The molecule has 0 bridgehead atoms. The van der Waals surface area contributed by atoms with Crippen molar-refractivity contribution in [2.45, 2.75) is 38.1 Å². The second-order valence-corrected chi connectivity index (χ2v) is 3.93. The van der Waals surface area contributed by atoms with Crippen molar-refractivity contribution < 1.29 is 0 Å². The smallest absolute Gasteiger partial charge is 0.0668 e. The Balaban J connectivity index is 3.98. The summed E-state index contributed by atoms with van der Waals surface area (Å²) in [6.45, 7) is 5.93. The number of nitrogens with zero attached hydrogens (tertiary/aromatic N) is 1. The lowest BCUT2D eigenvalue weighted by atomic mass is 10.0. The molecule has 0 aliphatic carbocycles. The molecule has 0 aromatic carbocycles. The van der Waals surface area contributed by atoms with Gasteiger partial charge in [-0.05, 0) is 39.4 Å². The molecule has 0 spiro atoms. The first-order chi connectivity index (χ1) is 4.48. The highest BCUT2D eigenvalue weighted by Crippen LogP contribution is 2.18. The van der Waals surface area contributed by atoms with E-state index >= 15 is 0 Å². The van der Waals surface area contributed by atoms with Gasteiger partial charge in [0.1, 0.15) is 0 Å². The van der Waals surface area contributed by atoms with Gasteiger partial charge in [-0.3, -0.25) is 0 Å². The molecule has 0 aromatic rings. The molecule has 10 heavy (non-hydrogen) atoms. The van der Waals surface area contributed by atoms with Crippen LogP contribution < -0.4 is 0 Å². The van der Waals surface area contributed by atoms with Crippen LogP contribution in [0.1, 0.15) is 27.2 Å². The topological polar surface area (TPSA) is 12.4 Å². The summed E-state index contributed by atoms with van der Waals surface area (Å²) in [6, 6.07) is 0. The van der Waals surface area contributed by atoms with Gasteiger partial charge in [-0.15, -0.1) is 11.6 Å². The van der Waals surface area contributed by atoms with Crippen molar-refractivity contribution in [1.29, 1.82) is 0 Å². The monoisotopic (exact) mass is 177 g/mol. The van der Waals surface area contributed by atoms with Crippen LogP contribution in [0.25, 0.3) is 0 Å². The first-order valence-electron chi connectivity index (χ1n) is 3.21. The van der Waals surface area contributed by atoms with Gasteiger partial charge in [0.15, 0.2) is 0 Å². The Labute approximate surface area is 72.5 Å². The summed E-state index contributed by atoms with van der Waals surface area (Å²) < 4.78 is 0. The summed E-state index contributed by atoms with van der Waals surface area (Å²) in [7, 11) is 0. The van der Waals surface area contributed by atoms with Gasteiger partial charge in [0, 0.05) is 5.38 Å². The molecular formula is C7H12ClNS. The minimum Gasteiger partial charge on any atom is -0.226 e. The van der Waals surface area contributed by atoms with E-state index < -0.39 is 0 Å². The van der Waals surface area contributed by atoms with Crippen molar-refractivity contribution in [3.8, 4) is 0 Å². The second kappa shape index (κ2) is 4.07. The van der Waals surface area contributed by atoms with E-state index in [2.05, 4.69) is 22.4 Å². The summed E-state index contributed by atoms with van der Waals surface area (Å²) >= 11 is 10.3. The summed E-state index contributed by atoms with van der Waals surface area (Å²) in [4.78, 5) is 3.98. The third-order valence-corrected chi connectivity index (χ3v) is 1.37. The molecule has 0 aliphatic heterocycles. The van der Waals surface area contributed by atoms with Crippen LogP contribution in [0.4, 0.5) is 0 Å². The lowest BCUT2D eigenvalue weighted by molar-refractivity contribution is 0.480. The first kappa shape index (κ1) is 10.1. The Bertz CT molecular complexity index is 148. The van der Waals surface area contributed by atoms with E-state index in [0.717, 1.165) is 6.42 Å². The Morgan fingerprint density at radius 3 is 2.50 bits per heavy atom. The van der Waals surface area contributed by atoms with Crippen molar-refractivity contribution in [2.24, 2.45) is 4.99 Å². The van der Waals surface area contributed by atoms with E-state index in [1.807, 2.05) is 20.8 Å². The minimum absolute atomic E-state index is 0.141. The molecular weight excluding hydrogens is 166 g/mol. The van der Waals surface area contributed by atoms with Gasteiger partial charge in [0.2, 0.25) is 0 Å². The zero-order chi connectivity index (χ0) is 8.20. The molecule has 0 amide bonds. The fourth-order valence-electron chi connectivity index (χ4n) is 0.858. The molecule has 0 aromatic heterocycles. The molecule has 0 aliphatic rings. The molecule has 0 heterocycles. The molecule has 0 rings (SSSR count). The fourth-order valence-corrected chi connectivity index (χ4v) is 1.48. The largest absolute Gasteiger partial charge is 0.226 e. The van der Waals surface area contributed by atoms with Crippen LogP contribution in [0.5, 0.6) is 0 Å². The maximum absolute atomic E-state index is 5.78. The average Bonchev–Trinajstić information content (AvgIpc) is 1.59. The predicted octanol–water partition coefficient (Wildman–Crippen LogP) is 2.89. The van der Waals surface area contributed by atoms with Gasteiger partial charge >= 0.3 is 0 Å². The van der Waals surface area contributed by atoms with Crippen LogP contribution in [-0.4, -0.2) is 16.1 Å². The van der Waals surface area contributed by atoms with E-state index in [0.29, 0.717) is 0 Å². The fraction of sp³-hybridized carbons (Fsp3) is 0.857. The zero-order valence-corrected chi connectivity index (χ0v) is 8.09. The van der Waals surface area contributed by atoms with Crippen LogP contribution >= 0.6 is 23.8 Å². The first-order valence-corrected chi connectivity index (χ1v) is 4.05.